The monoisotopic (exact) mass is 551 g/mol. The van der Waals surface area contributed by atoms with Gasteiger partial charge in [-0.1, -0.05) is 18.6 Å². The van der Waals surface area contributed by atoms with Gasteiger partial charge in [-0.15, -0.1) is 11.3 Å². The van der Waals surface area contributed by atoms with Crippen molar-refractivity contribution in [2.24, 2.45) is 0 Å². The van der Waals surface area contributed by atoms with Crippen LogP contribution in [0.25, 0.3) is 0 Å². The van der Waals surface area contributed by atoms with Crippen molar-refractivity contribution in [1.29, 1.82) is 0 Å². The summed E-state index contributed by atoms with van der Waals surface area (Å²) < 4.78 is 56.5. The van der Waals surface area contributed by atoms with Crippen molar-refractivity contribution in [2.75, 3.05) is 32.1 Å². The molecule has 0 saturated heterocycles. The molecule has 3 aromatic rings. The van der Waals surface area contributed by atoms with Crippen molar-refractivity contribution in [2.45, 2.75) is 37.2 Å². The Balaban J connectivity index is 1.33. The zero-order chi connectivity index (χ0) is 26.7. The Morgan fingerprint density at radius 2 is 1.78 bits per heavy atom. The number of aryl methyl sites for hydroxylation is 1. The summed E-state index contributed by atoms with van der Waals surface area (Å²) in [5.41, 5.74) is 1.60. The van der Waals surface area contributed by atoms with Crippen LogP contribution in [-0.4, -0.2) is 46.7 Å². The number of ether oxygens (including phenoxy) is 3. The molecule has 37 heavy (non-hydrogen) atoms. The third-order valence-electron chi connectivity index (χ3n) is 5.29. The number of hydrogen-bond acceptors (Lipinski definition) is 8. The molecular formula is C25H30FN3O6S2. The van der Waals surface area contributed by atoms with Gasteiger partial charge in [-0.05, 0) is 49.1 Å². The highest BCUT2D eigenvalue weighted by Crippen LogP contribution is 2.30. The first-order valence-corrected chi connectivity index (χ1v) is 13.9. The van der Waals surface area contributed by atoms with Gasteiger partial charge in [0.25, 0.3) is 10.0 Å². The van der Waals surface area contributed by atoms with Gasteiger partial charge in [0.1, 0.15) is 12.4 Å². The summed E-state index contributed by atoms with van der Waals surface area (Å²) in [6.45, 7) is 0.720. The Bertz CT molecular complexity index is 1270. The van der Waals surface area contributed by atoms with Crippen LogP contribution in [0.15, 0.2) is 52.7 Å². The number of thiazole rings is 1. The number of benzene rings is 2. The van der Waals surface area contributed by atoms with E-state index in [-0.39, 0.29) is 35.0 Å². The van der Waals surface area contributed by atoms with E-state index in [0.29, 0.717) is 24.5 Å². The van der Waals surface area contributed by atoms with Crippen molar-refractivity contribution in [3.05, 3.63) is 64.9 Å². The lowest BCUT2D eigenvalue weighted by atomic mass is 10.1. The van der Waals surface area contributed by atoms with Crippen LogP contribution < -0.4 is 19.5 Å². The Morgan fingerprint density at radius 1 is 1.03 bits per heavy atom. The molecule has 1 aromatic heterocycles. The SMILES string of the molecule is COc1ccc(S(=O)(=O)Nc2nc(CCCCCNC(=O)COCc3ccc(F)cc3)cs2)cc1OC. The molecule has 2 aromatic carbocycles. The molecule has 0 aliphatic heterocycles. The lowest BCUT2D eigenvalue weighted by Crippen LogP contribution is -2.28. The number of carbonyl (C=O) groups excluding carboxylic acids is 1. The molecule has 0 bridgehead atoms. The van der Waals surface area contributed by atoms with E-state index >= 15 is 0 Å². The Hall–Kier alpha value is -3.22. The minimum atomic E-state index is -3.83. The van der Waals surface area contributed by atoms with E-state index in [1.165, 1.54) is 55.9 Å². The topological polar surface area (TPSA) is 116 Å². The third-order valence-corrected chi connectivity index (χ3v) is 7.56. The average Bonchev–Trinajstić information content (AvgIpc) is 3.33. The quantitative estimate of drug-likeness (QED) is 0.273. The second-order valence-electron chi connectivity index (χ2n) is 8.05. The number of unbranched alkanes of at least 4 members (excludes halogenated alkanes) is 2. The Morgan fingerprint density at radius 3 is 2.51 bits per heavy atom. The van der Waals surface area contributed by atoms with Crippen LogP contribution in [0.1, 0.15) is 30.5 Å². The molecule has 0 saturated carbocycles. The number of sulfonamides is 1. The van der Waals surface area contributed by atoms with Gasteiger partial charge in [0.15, 0.2) is 16.6 Å². The van der Waals surface area contributed by atoms with E-state index in [2.05, 4.69) is 15.0 Å². The standard InChI is InChI=1S/C25H30FN3O6S2/c1-33-22-12-11-21(14-23(22)34-2)37(31,32)29-25-28-20(17-36-25)6-4-3-5-13-27-24(30)16-35-15-18-7-9-19(26)10-8-18/h7-12,14,17H,3-6,13,15-16H2,1-2H3,(H,27,30)(H,28,29). The molecule has 200 valence electrons. The van der Waals surface area contributed by atoms with E-state index in [9.17, 15) is 17.6 Å². The Labute approximate surface area is 220 Å². The third kappa shape index (κ3) is 8.99. The van der Waals surface area contributed by atoms with E-state index in [4.69, 9.17) is 14.2 Å². The fourth-order valence-corrected chi connectivity index (χ4v) is 5.37. The number of rotatable bonds is 15. The van der Waals surface area contributed by atoms with E-state index in [0.717, 1.165) is 30.5 Å². The largest absolute Gasteiger partial charge is 0.493 e. The van der Waals surface area contributed by atoms with Crippen LogP contribution in [-0.2, 0) is 32.6 Å². The summed E-state index contributed by atoms with van der Waals surface area (Å²) >= 11 is 1.22. The molecule has 1 amide bonds. The van der Waals surface area contributed by atoms with E-state index in [1.54, 1.807) is 12.1 Å². The summed E-state index contributed by atoms with van der Waals surface area (Å²) in [6.07, 6.45) is 3.22. The van der Waals surface area contributed by atoms with Crippen molar-refractivity contribution in [1.82, 2.24) is 10.3 Å². The molecule has 9 nitrogen and oxygen atoms in total. The number of halogens is 1. The van der Waals surface area contributed by atoms with Crippen molar-refractivity contribution >= 4 is 32.4 Å². The number of aromatic nitrogens is 1. The molecule has 12 heteroatoms. The molecule has 3 rings (SSSR count). The van der Waals surface area contributed by atoms with Gasteiger partial charge in [0.05, 0.1) is 31.4 Å². The van der Waals surface area contributed by atoms with Gasteiger partial charge in [-0.3, -0.25) is 9.52 Å². The van der Waals surface area contributed by atoms with Crippen LogP contribution in [0.3, 0.4) is 0 Å². The predicted octanol–water partition coefficient (Wildman–Crippen LogP) is 4.15. The minimum absolute atomic E-state index is 0.0461. The highest BCUT2D eigenvalue weighted by molar-refractivity contribution is 7.93. The average molecular weight is 552 g/mol. The number of methoxy groups -OCH3 is 2. The fourth-order valence-electron chi connectivity index (χ4n) is 3.36. The van der Waals surface area contributed by atoms with E-state index in [1.807, 2.05) is 5.38 Å². The second kappa shape index (κ2) is 13.9. The molecule has 2 N–H and O–H groups in total. The summed E-state index contributed by atoms with van der Waals surface area (Å²) in [4.78, 5) is 16.3. The first kappa shape index (κ1) is 28.4. The van der Waals surface area contributed by atoms with Gasteiger partial charge < -0.3 is 19.5 Å². The lowest BCUT2D eigenvalue weighted by molar-refractivity contribution is -0.126. The lowest BCUT2D eigenvalue weighted by Gasteiger charge is -2.10. The number of nitrogens with one attached hydrogen (secondary N) is 2. The number of amides is 1. The van der Waals surface area contributed by atoms with Crippen LogP contribution >= 0.6 is 11.3 Å². The maximum atomic E-state index is 12.9. The molecule has 0 fully saturated rings. The van der Waals surface area contributed by atoms with Gasteiger partial charge >= 0.3 is 0 Å². The molecular weight excluding hydrogens is 521 g/mol. The van der Waals surface area contributed by atoms with E-state index < -0.39 is 10.0 Å². The first-order valence-electron chi connectivity index (χ1n) is 11.6. The fraction of sp³-hybridized carbons (Fsp3) is 0.360. The van der Waals surface area contributed by atoms with Crippen molar-refractivity contribution < 1.29 is 31.8 Å². The maximum Gasteiger partial charge on any atom is 0.263 e. The Kier molecular flexibility index (Phi) is 10.7. The number of nitrogens with zero attached hydrogens (tertiary/aromatic N) is 1. The molecule has 0 aliphatic carbocycles. The number of carbonyl (C=O) groups is 1. The van der Waals surface area contributed by atoms with Crippen molar-refractivity contribution in [3.8, 4) is 11.5 Å². The van der Waals surface area contributed by atoms with Crippen LogP contribution in [0.5, 0.6) is 11.5 Å². The minimum Gasteiger partial charge on any atom is -0.493 e. The smallest absolute Gasteiger partial charge is 0.263 e. The molecule has 0 unspecified atom stereocenters. The van der Waals surface area contributed by atoms with Gasteiger partial charge in [0.2, 0.25) is 5.91 Å². The zero-order valence-corrected chi connectivity index (χ0v) is 22.3. The number of anilines is 1. The van der Waals surface area contributed by atoms with Crippen molar-refractivity contribution in [3.63, 3.8) is 0 Å². The molecule has 0 aliphatic rings. The van der Waals surface area contributed by atoms with Crippen LogP contribution in [0.2, 0.25) is 0 Å². The normalized spacial score (nSPS) is 11.2. The van der Waals surface area contributed by atoms with Gasteiger partial charge in [-0.2, -0.15) is 0 Å². The summed E-state index contributed by atoms with van der Waals surface area (Å²) in [5.74, 6) is 0.243. The number of hydrogen-bond donors (Lipinski definition) is 2. The first-order chi connectivity index (χ1) is 17.8. The van der Waals surface area contributed by atoms with Crippen LogP contribution in [0, 0.1) is 5.82 Å². The van der Waals surface area contributed by atoms with Crippen LogP contribution in [0.4, 0.5) is 9.52 Å². The second-order valence-corrected chi connectivity index (χ2v) is 10.6. The summed E-state index contributed by atoms with van der Waals surface area (Å²) in [5, 5.41) is 4.92. The highest BCUT2D eigenvalue weighted by Gasteiger charge is 2.19. The summed E-state index contributed by atoms with van der Waals surface area (Å²) in [6, 6.07) is 10.3. The molecule has 0 atom stereocenters. The predicted molar refractivity (Wildman–Crippen MR) is 139 cm³/mol. The molecule has 0 radical (unpaired) electrons. The van der Waals surface area contributed by atoms with Gasteiger partial charge in [0, 0.05) is 18.0 Å². The zero-order valence-electron chi connectivity index (χ0n) is 20.7. The highest BCUT2D eigenvalue weighted by atomic mass is 32.2. The van der Waals surface area contributed by atoms with Gasteiger partial charge in [-0.25, -0.2) is 17.8 Å². The summed E-state index contributed by atoms with van der Waals surface area (Å²) in [7, 11) is -0.908. The molecule has 0 spiro atoms. The molecule has 1 heterocycles. The maximum absolute atomic E-state index is 12.9.